The molecule has 2 atom stereocenters. The number of benzene rings is 1. The van der Waals surface area contributed by atoms with Crippen LogP contribution in [0.3, 0.4) is 0 Å². The highest BCUT2D eigenvalue weighted by Gasteiger charge is 2.26. The second-order valence-electron chi connectivity index (χ2n) is 5.64. The van der Waals surface area contributed by atoms with Gasteiger partial charge in [-0.25, -0.2) is 0 Å². The Kier molecular flexibility index (Phi) is 5.88. The molecule has 1 aliphatic rings. The molecule has 0 aliphatic carbocycles. The molecular weight excluding hydrogens is 288 g/mol. The molecule has 1 heterocycles. The SMILES string of the molecule is C[C@H]1C[C@@H](C(=O)N(C)CCOc2cccc(Cl)c2)CCN1. The summed E-state index contributed by atoms with van der Waals surface area (Å²) in [4.78, 5) is 14.1. The van der Waals surface area contributed by atoms with Gasteiger partial charge in [-0.3, -0.25) is 4.79 Å². The van der Waals surface area contributed by atoms with Gasteiger partial charge in [0, 0.05) is 24.0 Å². The van der Waals surface area contributed by atoms with Gasteiger partial charge in [0.1, 0.15) is 12.4 Å². The van der Waals surface area contributed by atoms with E-state index in [2.05, 4.69) is 12.2 Å². The molecule has 2 rings (SSSR count). The monoisotopic (exact) mass is 310 g/mol. The fourth-order valence-electron chi connectivity index (χ4n) is 2.64. The van der Waals surface area contributed by atoms with E-state index < -0.39 is 0 Å². The molecule has 1 aromatic rings. The molecule has 0 saturated carbocycles. The smallest absolute Gasteiger partial charge is 0.225 e. The van der Waals surface area contributed by atoms with Crippen molar-refractivity contribution >= 4 is 17.5 Å². The number of ether oxygens (including phenoxy) is 1. The third-order valence-corrected chi connectivity index (χ3v) is 4.08. The van der Waals surface area contributed by atoms with E-state index >= 15 is 0 Å². The minimum atomic E-state index is 0.136. The molecule has 1 saturated heterocycles. The van der Waals surface area contributed by atoms with E-state index in [1.165, 1.54) is 0 Å². The number of amides is 1. The van der Waals surface area contributed by atoms with Crippen molar-refractivity contribution in [2.75, 3.05) is 26.7 Å². The van der Waals surface area contributed by atoms with E-state index in [0.717, 1.165) is 25.1 Å². The Labute approximate surface area is 131 Å². The Morgan fingerprint density at radius 2 is 2.33 bits per heavy atom. The first-order valence-electron chi connectivity index (χ1n) is 7.43. The number of carbonyl (C=O) groups is 1. The highest BCUT2D eigenvalue weighted by atomic mass is 35.5. The molecule has 0 bridgehead atoms. The molecule has 1 aromatic carbocycles. The standard InChI is InChI=1S/C16H23ClN2O2/c1-12-10-13(6-7-18-12)16(20)19(2)8-9-21-15-5-3-4-14(17)11-15/h3-5,11-13,18H,6-10H2,1-2H3/t12-,13-/m0/s1. The lowest BCUT2D eigenvalue weighted by atomic mass is 9.92. The topological polar surface area (TPSA) is 41.6 Å². The lowest BCUT2D eigenvalue weighted by molar-refractivity contribution is -0.135. The van der Waals surface area contributed by atoms with E-state index in [4.69, 9.17) is 16.3 Å². The number of hydrogen-bond acceptors (Lipinski definition) is 3. The van der Waals surface area contributed by atoms with Gasteiger partial charge >= 0.3 is 0 Å². The zero-order valence-corrected chi connectivity index (χ0v) is 13.4. The van der Waals surface area contributed by atoms with Crippen LogP contribution in [-0.2, 0) is 4.79 Å². The third kappa shape index (κ3) is 4.90. The summed E-state index contributed by atoms with van der Waals surface area (Å²) in [6, 6.07) is 7.72. The predicted molar refractivity (Wildman–Crippen MR) is 84.8 cm³/mol. The minimum Gasteiger partial charge on any atom is -0.492 e. The summed E-state index contributed by atoms with van der Waals surface area (Å²) >= 11 is 5.90. The first kappa shape index (κ1) is 16.1. The van der Waals surface area contributed by atoms with Gasteiger partial charge in [-0.05, 0) is 44.5 Å². The van der Waals surface area contributed by atoms with Crippen molar-refractivity contribution < 1.29 is 9.53 Å². The van der Waals surface area contributed by atoms with Crippen molar-refractivity contribution in [2.24, 2.45) is 5.92 Å². The minimum absolute atomic E-state index is 0.136. The maximum Gasteiger partial charge on any atom is 0.225 e. The molecule has 0 radical (unpaired) electrons. The van der Waals surface area contributed by atoms with Gasteiger partial charge in [-0.15, -0.1) is 0 Å². The summed E-state index contributed by atoms with van der Waals surface area (Å²) in [7, 11) is 1.84. The number of piperidine rings is 1. The quantitative estimate of drug-likeness (QED) is 0.909. The van der Waals surface area contributed by atoms with Crippen LogP contribution in [-0.4, -0.2) is 43.6 Å². The Morgan fingerprint density at radius 1 is 1.52 bits per heavy atom. The summed E-state index contributed by atoms with van der Waals surface area (Å²) < 4.78 is 5.63. The van der Waals surface area contributed by atoms with Crippen LogP contribution in [0.4, 0.5) is 0 Å². The van der Waals surface area contributed by atoms with Crippen molar-refractivity contribution in [3.63, 3.8) is 0 Å². The van der Waals surface area contributed by atoms with E-state index in [1.807, 2.05) is 25.2 Å². The van der Waals surface area contributed by atoms with Gasteiger partial charge in [0.05, 0.1) is 6.54 Å². The number of halogens is 1. The predicted octanol–water partition coefficient (Wildman–Crippen LogP) is 2.57. The van der Waals surface area contributed by atoms with Gasteiger partial charge in [0.25, 0.3) is 0 Å². The Bertz CT molecular complexity index is 481. The van der Waals surface area contributed by atoms with Gasteiger partial charge in [-0.2, -0.15) is 0 Å². The molecule has 0 spiro atoms. The Hall–Kier alpha value is -1.26. The molecule has 1 N–H and O–H groups in total. The summed E-state index contributed by atoms with van der Waals surface area (Å²) in [6.07, 6.45) is 1.83. The average Bonchev–Trinajstić information content (AvgIpc) is 2.46. The number of hydrogen-bond donors (Lipinski definition) is 1. The highest BCUT2D eigenvalue weighted by molar-refractivity contribution is 6.30. The van der Waals surface area contributed by atoms with Gasteiger partial charge in [0.15, 0.2) is 0 Å². The summed E-state index contributed by atoms with van der Waals surface area (Å²) in [6.45, 7) is 4.11. The van der Waals surface area contributed by atoms with Crippen LogP contribution in [0.15, 0.2) is 24.3 Å². The Morgan fingerprint density at radius 3 is 3.05 bits per heavy atom. The average molecular weight is 311 g/mol. The van der Waals surface area contributed by atoms with Gasteiger partial charge in [0.2, 0.25) is 5.91 Å². The van der Waals surface area contributed by atoms with Crippen molar-refractivity contribution in [2.45, 2.75) is 25.8 Å². The van der Waals surface area contributed by atoms with Gasteiger partial charge < -0.3 is 15.0 Å². The normalized spacial score (nSPS) is 21.9. The van der Waals surface area contributed by atoms with Crippen LogP contribution in [0.1, 0.15) is 19.8 Å². The van der Waals surface area contributed by atoms with E-state index in [1.54, 1.807) is 11.0 Å². The highest BCUT2D eigenvalue weighted by Crippen LogP contribution is 2.19. The first-order chi connectivity index (χ1) is 10.1. The van der Waals surface area contributed by atoms with Crippen molar-refractivity contribution in [3.8, 4) is 5.75 Å². The number of nitrogens with zero attached hydrogens (tertiary/aromatic N) is 1. The largest absolute Gasteiger partial charge is 0.492 e. The number of likely N-dealkylation sites (N-methyl/N-ethyl adjacent to an activating group) is 1. The zero-order valence-electron chi connectivity index (χ0n) is 12.6. The van der Waals surface area contributed by atoms with Gasteiger partial charge in [-0.1, -0.05) is 17.7 Å². The van der Waals surface area contributed by atoms with Crippen molar-refractivity contribution in [3.05, 3.63) is 29.3 Å². The lowest BCUT2D eigenvalue weighted by Gasteiger charge is -2.30. The molecular formula is C16H23ClN2O2. The molecule has 4 nitrogen and oxygen atoms in total. The van der Waals surface area contributed by atoms with Crippen LogP contribution in [0, 0.1) is 5.92 Å². The zero-order chi connectivity index (χ0) is 15.2. The van der Waals surface area contributed by atoms with E-state index in [0.29, 0.717) is 24.2 Å². The summed E-state index contributed by atoms with van der Waals surface area (Å²) in [5.41, 5.74) is 0. The number of carbonyl (C=O) groups excluding carboxylic acids is 1. The number of nitrogens with one attached hydrogen (secondary N) is 1. The maximum absolute atomic E-state index is 12.4. The van der Waals surface area contributed by atoms with E-state index in [9.17, 15) is 4.79 Å². The van der Waals surface area contributed by atoms with Crippen LogP contribution < -0.4 is 10.1 Å². The van der Waals surface area contributed by atoms with Crippen molar-refractivity contribution in [1.29, 1.82) is 0 Å². The molecule has 0 aromatic heterocycles. The molecule has 21 heavy (non-hydrogen) atoms. The maximum atomic E-state index is 12.4. The Balaban J connectivity index is 1.76. The second-order valence-corrected chi connectivity index (χ2v) is 6.08. The molecule has 0 unspecified atom stereocenters. The molecule has 1 aliphatic heterocycles. The molecule has 1 amide bonds. The first-order valence-corrected chi connectivity index (χ1v) is 7.81. The number of rotatable bonds is 5. The fraction of sp³-hybridized carbons (Fsp3) is 0.562. The lowest BCUT2D eigenvalue weighted by Crippen LogP contribution is -2.43. The molecule has 116 valence electrons. The fourth-order valence-corrected chi connectivity index (χ4v) is 2.82. The van der Waals surface area contributed by atoms with Crippen LogP contribution in [0.25, 0.3) is 0 Å². The van der Waals surface area contributed by atoms with Crippen molar-refractivity contribution in [1.82, 2.24) is 10.2 Å². The van der Waals surface area contributed by atoms with Crippen LogP contribution in [0.5, 0.6) is 5.75 Å². The van der Waals surface area contributed by atoms with Crippen LogP contribution in [0.2, 0.25) is 5.02 Å². The van der Waals surface area contributed by atoms with Crippen LogP contribution >= 0.6 is 11.6 Å². The van der Waals surface area contributed by atoms with E-state index in [-0.39, 0.29) is 11.8 Å². The molecule has 1 fully saturated rings. The summed E-state index contributed by atoms with van der Waals surface area (Å²) in [5.74, 6) is 1.09. The molecule has 5 heteroatoms. The second kappa shape index (κ2) is 7.66. The summed E-state index contributed by atoms with van der Waals surface area (Å²) in [5, 5.41) is 4.02. The third-order valence-electron chi connectivity index (χ3n) is 3.84.